The molecule has 1 unspecified atom stereocenters. The number of nitrogens with zero attached hydrogens (tertiary/aromatic N) is 2. The highest BCUT2D eigenvalue weighted by molar-refractivity contribution is 5.79. The van der Waals surface area contributed by atoms with Gasteiger partial charge in [0.05, 0.1) is 26.8 Å². The highest BCUT2D eigenvalue weighted by Crippen LogP contribution is 2.32. The van der Waals surface area contributed by atoms with Crippen LogP contribution >= 0.6 is 0 Å². The SMILES string of the molecule is COc1cccc(CC(=O)N2CCCCC2c2ncc(Cc3cccc(OC)c3)o2)c1. The van der Waals surface area contributed by atoms with Crippen molar-refractivity contribution in [2.75, 3.05) is 20.8 Å². The van der Waals surface area contributed by atoms with Crippen molar-refractivity contribution in [2.24, 2.45) is 0 Å². The molecule has 0 spiro atoms. The van der Waals surface area contributed by atoms with E-state index in [1.165, 1.54) is 0 Å². The Morgan fingerprint density at radius 2 is 1.77 bits per heavy atom. The molecule has 162 valence electrons. The highest BCUT2D eigenvalue weighted by atomic mass is 16.5. The number of hydrogen-bond acceptors (Lipinski definition) is 5. The van der Waals surface area contributed by atoms with Crippen LogP contribution in [0.1, 0.15) is 48.1 Å². The average molecular weight is 421 g/mol. The molecule has 1 aliphatic heterocycles. The van der Waals surface area contributed by atoms with Gasteiger partial charge in [0.1, 0.15) is 23.3 Å². The molecule has 0 radical (unpaired) electrons. The summed E-state index contributed by atoms with van der Waals surface area (Å²) in [5, 5.41) is 0. The number of rotatable bonds is 7. The zero-order chi connectivity index (χ0) is 21.6. The third-order valence-electron chi connectivity index (χ3n) is 5.68. The molecular formula is C25H28N2O4. The predicted octanol–water partition coefficient (Wildman–Crippen LogP) is 4.58. The lowest BCUT2D eigenvalue weighted by molar-refractivity contribution is -0.134. The van der Waals surface area contributed by atoms with Crippen LogP contribution in [-0.2, 0) is 17.6 Å². The minimum atomic E-state index is -0.120. The molecule has 1 fully saturated rings. The standard InChI is InChI=1S/C25H28N2O4/c1-29-20-9-5-7-18(13-20)15-22-17-26-25(31-22)23-11-3-4-12-27(23)24(28)16-19-8-6-10-21(14-19)30-2/h5-10,13-14,17,23H,3-4,11-12,15-16H2,1-2H3. The zero-order valence-electron chi connectivity index (χ0n) is 18.0. The molecule has 4 rings (SSSR count). The minimum Gasteiger partial charge on any atom is -0.497 e. The van der Waals surface area contributed by atoms with Gasteiger partial charge in [-0.15, -0.1) is 0 Å². The summed E-state index contributed by atoms with van der Waals surface area (Å²) < 4.78 is 16.7. The van der Waals surface area contributed by atoms with E-state index in [1.807, 2.05) is 53.4 Å². The van der Waals surface area contributed by atoms with Crippen molar-refractivity contribution in [1.29, 1.82) is 0 Å². The van der Waals surface area contributed by atoms with Gasteiger partial charge < -0.3 is 18.8 Å². The van der Waals surface area contributed by atoms with Gasteiger partial charge in [0, 0.05) is 13.0 Å². The number of carbonyl (C=O) groups excluding carboxylic acids is 1. The Morgan fingerprint density at radius 1 is 1.06 bits per heavy atom. The van der Waals surface area contributed by atoms with Crippen molar-refractivity contribution >= 4 is 5.91 Å². The van der Waals surface area contributed by atoms with Crippen LogP contribution in [-0.4, -0.2) is 36.6 Å². The van der Waals surface area contributed by atoms with Gasteiger partial charge in [-0.3, -0.25) is 4.79 Å². The number of piperidine rings is 1. The molecule has 3 aromatic rings. The number of amides is 1. The van der Waals surface area contributed by atoms with Crippen molar-refractivity contribution in [1.82, 2.24) is 9.88 Å². The number of oxazole rings is 1. The second-order valence-corrected chi connectivity index (χ2v) is 7.82. The molecule has 2 aromatic carbocycles. The van der Waals surface area contributed by atoms with Crippen LogP contribution in [0.5, 0.6) is 11.5 Å². The molecule has 1 amide bonds. The van der Waals surface area contributed by atoms with Crippen LogP contribution in [0, 0.1) is 0 Å². The Kier molecular flexibility index (Phi) is 6.55. The smallest absolute Gasteiger partial charge is 0.227 e. The molecule has 1 aromatic heterocycles. The topological polar surface area (TPSA) is 64.8 Å². The summed E-state index contributed by atoms with van der Waals surface area (Å²) in [5.41, 5.74) is 2.04. The van der Waals surface area contributed by atoms with Crippen LogP contribution in [0.2, 0.25) is 0 Å². The lowest BCUT2D eigenvalue weighted by Gasteiger charge is -2.34. The first-order valence-electron chi connectivity index (χ1n) is 10.7. The fourth-order valence-corrected chi connectivity index (χ4v) is 4.09. The number of ether oxygens (including phenoxy) is 2. The maximum atomic E-state index is 13.1. The molecule has 1 atom stereocenters. The first kappa shape index (κ1) is 21.0. The molecule has 0 aliphatic carbocycles. The van der Waals surface area contributed by atoms with Gasteiger partial charge in [0.25, 0.3) is 0 Å². The zero-order valence-corrected chi connectivity index (χ0v) is 18.0. The van der Waals surface area contributed by atoms with Crippen LogP contribution in [0.4, 0.5) is 0 Å². The molecule has 1 aliphatic rings. The van der Waals surface area contributed by atoms with Crippen molar-refractivity contribution in [2.45, 2.75) is 38.1 Å². The number of likely N-dealkylation sites (tertiary alicyclic amines) is 1. The summed E-state index contributed by atoms with van der Waals surface area (Å²) >= 11 is 0. The van der Waals surface area contributed by atoms with E-state index >= 15 is 0 Å². The van der Waals surface area contributed by atoms with Crippen molar-refractivity contribution in [3.63, 3.8) is 0 Å². The lowest BCUT2D eigenvalue weighted by atomic mass is 10.0. The van der Waals surface area contributed by atoms with E-state index in [0.29, 0.717) is 18.7 Å². The number of methoxy groups -OCH3 is 2. The fraction of sp³-hybridized carbons (Fsp3) is 0.360. The van der Waals surface area contributed by atoms with Crippen LogP contribution in [0.15, 0.2) is 59.1 Å². The van der Waals surface area contributed by atoms with Crippen molar-refractivity contribution < 1.29 is 18.7 Å². The number of carbonyl (C=O) groups is 1. The maximum absolute atomic E-state index is 13.1. The highest BCUT2D eigenvalue weighted by Gasteiger charge is 2.31. The molecule has 31 heavy (non-hydrogen) atoms. The molecule has 6 heteroatoms. The van der Waals surface area contributed by atoms with E-state index in [2.05, 4.69) is 4.98 Å². The summed E-state index contributed by atoms with van der Waals surface area (Å²) in [6, 6.07) is 15.5. The Balaban J connectivity index is 1.47. The molecule has 6 nitrogen and oxygen atoms in total. The van der Waals surface area contributed by atoms with Gasteiger partial charge in [0.2, 0.25) is 11.8 Å². The third-order valence-corrected chi connectivity index (χ3v) is 5.68. The Bertz CT molecular complexity index is 1030. The lowest BCUT2D eigenvalue weighted by Crippen LogP contribution is -2.39. The molecular weight excluding hydrogens is 392 g/mol. The quantitative estimate of drug-likeness (QED) is 0.560. The van der Waals surface area contributed by atoms with Gasteiger partial charge in [0.15, 0.2) is 0 Å². The van der Waals surface area contributed by atoms with Crippen molar-refractivity contribution in [3.05, 3.63) is 77.5 Å². The van der Waals surface area contributed by atoms with Gasteiger partial charge in [-0.2, -0.15) is 0 Å². The first-order chi connectivity index (χ1) is 15.2. The number of aromatic nitrogens is 1. The summed E-state index contributed by atoms with van der Waals surface area (Å²) in [7, 11) is 3.29. The van der Waals surface area contributed by atoms with Crippen LogP contribution in [0.25, 0.3) is 0 Å². The summed E-state index contributed by atoms with van der Waals surface area (Å²) in [4.78, 5) is 19.6. The Hall–Kier alpha value is -3.28. The molecule has 0 saturated carbocycles. The van der Waals surface area contributed by atoms with E-state index in [4.69, 9.17) is 13.9 Å². The Labute approximate surface area is 182 Å². The van der Waals surface area contributed by atoms with E-state index < -0.39 is 0 Å². The van der Waals surface area contributed by atoms with Crippen molar-refractivity contribution in [3.8, 4) is 11.5 Å². The second kappa shape index (κ2) is 9.69. The normalized spacial score (nSPS) is 16.2. The Morgan fingerprint density at radius 3 is 2.52 bits per heavy atom. The molecule has 2 heterocycles. The monoisotopic (exact) mass is 420 g/mol. The minimum absolute atomic E-state index is 0.0884. The predicted molar refractivity (Wildman–Crippen MR) is 117 cm³/mol. The first-order valence-corrected chi connectivity index (χ1v) is 10.7. The largest absolute Gasteiger partial charge is 0.497 e. The summed E-state index contributed by atoms with van der Waals surface area (Å²) in [6.45, 7) is 0.723. The van der Waals surface area contributed by atoms with E-state index in [9.17, 15) is 4.79 Å². The number of hydrogen-bond donors (Lipinski definition) is 0. The van der Waals surface area contributed by atoms with E-state index in [-0.39, 0.29) is 11.9 Å². The average Bonchev–Trinajstić information content (AvgIpc) is 3.27. The van der Waals surface area contributed by atoms with Gasteiger partial charge >= 0.3 is 0 Å². The summed E-state index contributed by atoms with van der Waals surface area (Å²) in [5.74, 6) is 3.07. The van der Waals surface area contributed by atoms with Gasteiger partial charge in [-0.05, 0) is 54.7 Å². The van der Waals surface area contributed by atoms with E-state index in [0.717, 1.165) is 54.2 Å². The fourth-order valence-electron chi connectivity index (χ4n) is 4.09. The molecule has 1 saturated heterocycles. The third kappa shape index (κ3) is 5.08. The molecule has 0 N–H and O–H groups in total. The van der Waals surface area contributed by atoms with Gasteiger partial charge in [-0.25, -0.2) is 4.98 Å². The summed E-state index contributed by atoms with van der Waals surface area (Å²) in [6.07, 6.45) is 5.66. The molecule has 0 bridgehead atoms. The van der Waals surface area contributed by atoms with E-state index in [1.54, 1.807) is 20.4 Å². The number of benzene rings is 2. The van der Waals surface area contributed by atoms with Gasteiger partial charge in [-0.1, -0.05) is 24.3 Å². The van der Waals surface area contributed by atoms with Crippen LogP contribution in [0.3, 0.4) is 0 Å². The second-order valence-electron chi connectivity index (χ2n) is 7.82. The maximum Gasteiger partial charge on any atom is 0.227 e. The van der Waals surface area contributed by atoms with Crippen LogP contribution < -0.4 is 9.47 Å².